The maximum absolute atomic E-state index is 10.9. The SMILES string of the molecule is CNC(=O)c1ccc(=O)[nH]c1.N#Cc1ccc(N2CCCC2)cc1O. The van der Waals surface area contributed by atoms with Crippen LogP contribution in [0.1, 0.15) is 28.8 Å². The molecule has 3 rings (SSSR count). The van der Waals surface area contributed by atoms with E-state index in [-0.39, 0.29) is 17.2 Å². The number of nitrogens with zero attached hydrogens (tertiary/aromatic N) is 2. The van der Waals surface area contributed by atoms with Gasteiger partial charge < -0.3 is 20.3 Å². The zero-order valence-electron chi connectivity index (χ0n) is 14.0. The molecule has 1 amide bonds. The molecule has 1 fully saturated rings. The number of hydrogen-bond donors (Lipinski definition) is 3. The fourth-order valence-corrected chi connectivity index (χ4v) is 2.48. The lowest BCUT2D eigenvalue weighted by Crippen LogP contribution is -2.19. The highest BCUT2D eigenvalue weighted by atomic mass is 16.3. The number of H-pyrrole nitrogens is 1. The third kappa shape index (κ3) is 4.85. The number of hydrogen-bond acceptors (Lipinski definition) is 5. The molecule has 1 aliphatic rings. The lowest BCUT2D eigenvalue weighted by atomic mass is 10.2. The molecule has 7 nitrogen and oxygen atoms in total. The summed E-state index contributed by atoms with van der Waals surface area (Å²) in [5, 5.41) is 20.6. The zero-order valence-corrected chi connectivity index (χ0v) is 14.0. The van der Waals surface area contributed by atoms with Crippen molar-refractivity contribution in [3.05, 3.63) is 58.0 Å². The Morgan fingerprint density at radius 2 is 2.00 bits per heavy atom. The van der Waals surface area contributed by atoms with Crippen molar-refractivity contribution in [2.45, 2.75) is 12.8 Å². The lowest BCUT2D eigenvalue weighted by Gasteiger charge is -2.17. The molecule has 3 N–H and O–H groups in total. The molecule has 1 saturated heterocycles. The number of rotatable bonds is 2. The molecular formula is C18H20N4O3. The number of carbonyl (C=O) groups is 1. The van der Waals surface area contributed by atoms with Gasteiger partial charge >= 0.3 is 0 Å². The first-order valence-electron chi connectivity index (χ1n) is 7.94. The van der Waals surface area contributed by atoms with Gasteiger partial charge in [0.2, 0.25) is 5.56 Å². The van der Waals surface area contributed by atoms with Crippen LogP contribution in [0.5, 0.6) is 5.75 Å². The van der Waals surface area contributed by atoms with Crippen LogP contribution in [0.3, 0.4) is 0 Å². The third-order valence-corrected chi connectivity index (χ3v) is 3.85. The number of phenols is 1. The molecule has 1 aromatic carbocycles. The number of aromatic hydroxyl groups is 1. The number of phenolic OH excluding ortho intramolecular Hbond substituents is 1. The highest BCUT2D eigenvalue weighted by molar-refractivity contribution is 5.93. The van der Waals surface area contributed by atoms with E-state index in [0.717, 1.165) is 18.8 Å². The summed E-state index contributed by atoms with van der Waals surface area (Å²) in [5.41, 5.74) is 1.59. The molecule has 0 aliphatic carbocycles. The van der Waals surface area contributed by atoms with Crippen molar-refractivity contribution in [2.75, 3.05) is 25.0 Å². The Kier molecular flexibility index (Phi) is 6.18. The molecule has 130 valence electrons. The number of nitrogens with one attached hydrogen (secondary N) is 2. The van der Waals surface area contributed by atoms with Crippen LogP contribution < -0.4 is 15.8 Å². The van der Waals surface area contributed by atoms with Crippen molar-refractivity contribution in [3.8, 4) is 11.8 Å². The van der Waals surface area contributed by atoms with E-state index in [1.54, 1.807) is 12.1 Å². The minimum absolute atomic E-state index is 0.0805. The molecule has 7 heteroatoms. The molecule has 2 heterocycles. The van der Waals surface area contributed by atoms with Gasteiger partial charge in [-0.15, -0.1) is 0 Å². The first-order valence-corrected chi connectivity index (χ1v) is 7.94. The van der Waals surface area contributed by atoms with E-state index in [1.807, 2.05) is 12.1 Å². The van der Waals surface area contributed by atoms with Crippen LogP contribution in [0, 0.1) is 11.3 Å². The van der Waals surface area contributed by atoms with E-state index >= 15 is 0 Å². The molecular weight excluding hydrogens is 320 g/mol. The van der Waals surface area contributed by atoms with Crippen molar-refractivity contribution < 1.29 is 9.90 Å². The van der Waals surface area contributed by atoms with Crippen LogP contribution in [0.4, 0.5) is 5.69 Å². The Bertz CT molecular complexity index is 812. The van der Waals surface area contributed by atoms with Crippen LogP contribution in [-0.4, -0.2) is 36.1 Å². The standard InChI is InChI=1S/C11H12N2O.C7H8N2O2/c12-8-9-3-4-10(7-11(9)14)13-5-1-2-6-13;1-8-7(11)5-2-3-6(10)9-4-5/h3-4,7,14H,1-2,5-6H2;2-4H,1H3,(H,8,11)(H,9,10). The first kappa shape index (κ1) is 18.1. The van der Waals surface area contributed by atoms with Gasteiger partial charge in [-0.25, -0.2) is 0 Å². The second kappa shape index (κ2) is 8.55. The summed E-state index contributed by atoms with van der Waals surface area (Å²) in [4.78, 5) is 26.1. The molecule has 0 radical (unpaired) electrons. The molecule has 1 aromatic heterocycles. The molecule has 1 aliphatic heterocycles. The topological polar surface area (TPSA) is 109 Å². The fraction of sp³-hybridized carbons (Fsp3) is 0.278. The molecule has 0 atom stereocenters. The van der Waals surface area contributed by atoms with Crippen LogP contribution >= 0.6 is 0 Å². The molecule has 0 unspecified atom stereocenters. The van der Waals surface area contributed by atoms with E-state index in [4.69, 9.17) is 5.26 Å². The number of anilines is 1. The summed E-state index contributed by atoms with van der Waals surface area (Å²) in [5.74, 6) is -0.127. The fourth-order valence-electron chi connectivity index (χ4n) is 2.48. The second-order valence-electron chi connectivity index (χ2n) is 5.53. The highest BCUT2D eigenvalue weighted by Crippen LogP contribution is 2.26. The average molecular weight is 340 g/mol. The maximum atomic E-state index is 10.9. The summed E-state index contributed by atoms with van der Waals surface area (Å²) in [6.07, 6.45) is 3.79. The van der Waals surface area contributed by atoms with Gasteiger partial charge in [0.25, 0.3) is 5.91 Å². The van der Waals surface area contributed by atoms with Gasteiger partial charge in [0.05, 0.1) is 11.1 Å². The minimum atomic E-state index is -0.211. The van der Waals surface area contributed by atoms with Crippen molar-refractivity contribution in [1.82, 2.24) is 10.3 Å². The van der Waals surface area contributed by atoms with Crippen LogP contribution in [-0.2, 0) is 0 Å². The normalized spacial score (nSPS) is 12.7. The third-order valence-electron chi connectivity index (χ3n) is 3.85. The van der Waals surface area contributed by atoms with Crippen LogP contribution in [0.2, 0.25) is 0 Å². The Balaban J connectivity index is 0.000000186. The van der Waals surface area contributed by atoms with E-state index < -0.39 is 0 Å². The average Bonchev–Trinajstić information content (AvgIpc) is 3.17. The Morgan fingerprint density at radius 1 is 1.28 bits per heavy atom. The number of pyridine rings is 1. The quantitative estimate of drug-likeness (QED) is 0.769. The lowest BCUT2D eigenvalue weighted by molar-refractivity contribution is 0.0962. The molecule has 0 spiro atoms. The molecule has 0 saturated carbocycles. The molecule has 0 bridgehead atoms. The number of benzene rings is 1. The predicted octanol–water partition coefficient (Wildman–Crippen LogP) is 1.60. The van der Waals surface area contributed by atoms with Gasteiger partial charge in [-0.05, 0) is 31.0 Å². The smallest absolute Gasteiger partial charge is 0.252 e. The number of aromatic nitrogens is 1. The van der Waals surface area contributed by atoms with Crippen molar-refractivity contribution in [2.24, 2.45) is 0 Å². The summed E-state index contributed by atoms with van der Waals surface area (Å²) in [6.45, 7) is 2.09. The van der Waals surface area contributed by atoms with Gasteiger partial charge in [0.1, 0.15) is 11.8 Å². The Hall–Kier alpha value is -3.27. The van der Waals surface area contributed by atoms with Gasteiger partial charge in [0, 0.05) is 44.2 Å². The summed E-state index contributed by atoms with van der Waals surface area (Å²) in [6, 6.07) is 9.96. The van der Waals surface area contributed by atoms with E-state index in [2.05, 4.69) is 15.2 Å². The van der Waals surface area contributed by atoms with Crippen LogP contribution in [0.25, 0.3) is 0 Å². The number of amides is 1. The molecule has 25 heavy (non-hydrogen) atoms. The summed E-state index contributed by atoms with van der Waals surface area (Å²) >= 11 is 0. The number of aromatic amines is 1. The van der Waals surface area contributed by atoms with Crippen molar-refractivity contribution >= 4 is 11.6 Å². The largest absolute Gasteiger partial charge is 0.506 e. The monoisotopic (exact) mass is 340 g/mol. The van der Waals surface area contributed by atoms with Gasteiger partial charge in [-0.2, -0.15) is 5.26 Å². The van der Waals surface area contributed by atoms with Crippen molar-refractivity contribution in [1.29, 1.82) is 5.26 Å². The second-order valence-corrected chi connectivity index (χ2v) is 5.53. The van der Waals surface area contributed by atoms with Gasteiger partial charge in [-0.3, -0.25) is 9.59 Å². The maximum Gasteiger partial charge on any atom is 0.252 e. The number of nitriles is 1. The Morgan fingerprint density at radius 3 is 2.52 bits per heavy atom. The van der Waals surface area contributed by atoms with Crippen LogP contribution in [0.15, 0.2) is 41.3 Å². The zero-order chi connectivity index (χ0) is 18.2. The molecule has 2 aromatic rings. The number of carbonyl (C=O) groups excluding carboxylic acids is 1. The van der Waals surface area contributed by atoms with E-state index in [0.29, 0.717) is 11.1 Å². The predicted molar refractivity (Wildman–Crippen MR) is 94.7 cm³/mol. The van der Waals surface area contributed by atoms with Gasteiger partial charge in [0.15, 0.2) is 0 Å². The van der Waals surface area contributed by atoms with Gasteiger partial charge in [-0.1, -0.05) is 0 Å². The minimum Gasteiger partial charge on any atom is -0.506 e. The van der Waals surface area contributed by atoms with E-state index in [1.165, 1.54) is 38.2 Å². The first-order chi connectivity index (χ1) is 12.0. The van der Waals surface area contributed by atoms with E-state index in [9.17, 15) is 14.7 Å². The highest BCUT2D eigenvalue weighted by Gasteiger charge is 2.13. The Labute approximate surface area is 145 Å². The van der Waals surface area contributed by atoms with Crippen molar-refractivity contribution in [3.63, 3.8) is 0 Å². The summed E-state index contributed by atoms with van der Waals surface area (Å²) < 4.78 is 0. The summed E-state index contributed by atoms with van der Waals surface area (Å²) in [7, 11) is 1.54.